The van der Waals surface area contributed by atoms with Gasteiger partial charge in [-0.15, -0.1) is 0 Å². The highest BCUT2D eigenvalue weighted by molar-refractivity contribution is 5.96. The van der Waals surface area contributed by atoms with E-state index in [0.29, 0.717) is 0 Å². The van der Waals surface area contributed by atoms with E-state index in [4.69, 9.17) is 10.2 Å². The van der Waals surface area contributed by atoms with Crippen LogP contribution in [0.15, 0.2) is 18.2 Å². The molecule has 1 aromatic carbocycles. The Morgan fingerprint density at radius 2 is 1.94 bits per heavy atom. The molecular weight excluding hydrogens is 212 g/mol. The van der Waals surface area contributed by atoms with Crippen LogP contribution in [0.1, 0.15) is 10.4 Å². The summed E-state index contributed by atoms with van der Waals surface area (Å²) in [6, 6.07) is 3.66. The van der Waals surface area contributed by atoms with Crippen molar-refractivity contribution in [1.29, 1.82) is 0 Å². The summed E-state index contributed by atoms with van der Waals surface area (Å²) in [5, 5.41) is 22.9. The number of carbonyl (C=O) groups is 2. The predicted molar refractivity (Wildman–Crippen MR) is 56.2 cm³/mol. The molecule has 0 spiro atoms. The summed E-state index contributed by atoms with van der Waals surface area (Å²) in [4.78, 5) is 22.3. The van der Waals surface area contributed by atoms with Gasteiger partial charge < -0.3 is 20.8 Å². The molecule has 0 aliphatic heterocycles. The molecule has 0 bridgehead atoms. The van der Waals surface area contributed by atoms with Crippen molar-refractivity contribution in [2.75, 3.05) is 13.6 Å². The summed E-state index contributed by atoms with van der Waals surface area (Å²) in [5.74, 6) is -1.51. The van der Waals surface area contributed by atoms with Gasteiger partial charge in [0.15, 0.2) is 11.5 Å². The van der Waals surface area contributed by atoms with Crippen LogP contribution < -0.4 is 10.6 Å². The van der Waals surface area contributed by atoms with E-state index in [0.717, 1.165) is 6.07 Å². The number of aromatic hydroxyl groups is 2. The van der Waals surface area contributed by atoms with Gasteiger partial charge in [-0.25, -0.2) is 0 Å². The molecule has 0 aliphatic rings. The number of phenolic OH excluding ortho intramolecular Hbond substituents is 2. The quantitative estimate of drug-likeness (QED) is 0.524. The van der Waals surface area contributed by atoms with Crippen molar-refractivity contribution < 1.29 is 19.8 Å². The molecule has 2 amide bonds. The number of rotatable bonds is 3. The number of benzene rings is 1. The molecule has 0 aromatic heterocycles. The topological polar surface area (TPSA) is 98.7 Å². The first kappa shape index (κ1) is 11.8. The Morgan fingerprint density at radius 1 is 1.25 bits per heavy atom. The van der Waals surface area contributed by atoms with E-state index in [1.54, 1.807) is 0 Å². The Morgan fingerprint density at radius 3 is 2.50 bits per heavy atom. The Balaban J connectivity index is 2.66. The van der Waals surface area contributed by atoms with Gasteiger partial charge in [0.1, 0.15) is 0 Å². The van der Waals surface area contributed by atoms with Gasteiger partial charge in [0.2, 0.25) is 5.91 Å². The average molecular weight is 224 g/mol. The van der Waals surface area contributed by atoms with Crippen LogP contribution in [-0.2, 0) is 4.79 Å². The average Bonchev–Trinajstić information content (AvgIpc) is 2.29. The molecule has 0 saturated heterocycles. The lowest BCUT2D eigenvalue weighted by molar-refractivity contribution is -0.119. The number of hydrogen-bond acceptors (Lipinski definition) is 4. The van der Waals surface area contributed by atoms with Crippen LogP contribution in [0.4, 0.5) is 0 Å². The maximum absolute atomic E-state index is 11.4. The Kier molecular flexibility index (Phi) is 3.71. The SMILES string of the molecule is CNC(=O)CNC(=O)c1ccc(O)c(O)c1. The fourth-order valence-corrected chi connectivity index (χ4v) is 1.02. The van der Waals surface area contributed by atoms with E-state index in [9.17, 15) is 9.59 Å². The molecule has 86 valence electrons. The van der Waals surface area contributed by atoms with Crippen LogP contribution in [0.25, 0.3) is 0 Å². The number of hydrogen-bond donors (Lipinski definition) is 4. The summed E-state index contributed by atoms with van der Waals surface area (Å²) in [6.07, 6.45) is 0. The third-order valence-electron chi connectivity index (χ3n) is 1.93. The van der Waals surface area contributed by atoms with Gasteiger partial charge in [-0.1, -0.05) is 0 Å². The Labute approximate surface area is 91.9 Å². The summed E-state index contributed by atoms with van der Waals surface area (Å²) in [6.45, 7) is -0.142. The van der Waals surface area contributed by atoms with E-state index in [-0.39, 0.29) is 29.5 Å². The molecule has 0 aliphatic carbocycles. The van der Waals surface area contributed by atoms with Gasteiger partial charge in [0.05, 0.1) is 6.54 Å². The fourth-order valence-electron chi connectivity index (χ4n) is 1.02. The molecular formula is C10H12N2O4. The maximum atomic E-state index is 11.4. The van der Waals surface area contributed by atoms with Gasteiger partial charge >= 0.3 is 0 Å². The highest BCUT2D eigenvalue weighted by Gasteiger charge is 2.09. The van der Waals surface area contributed by atoms with Crippen molar-refractivity contribution in [1.82, 2.24) is 10.6 Å². The zero-order chi connectivity index (χ0) is 12.1. The Hall–Kier alpha value is -2.24. The maximum Gasteiger partial charge on any atom is 0.251 e. The highest BCUT2D eigenvalue weighted by atomic mass is 16.3. The van der Waals surface area contributed by atoms with E-state index in [1.807, 2.05) is 0 Å². The predicted octanol–water partition coefficient (Wildman–Crippen LogP) is -0.426. The molecule has 16 heavy (non-hydrogen) atoms. The van der Waals surface area contributed by atoms with Crippen molar-refractivity contribution in [2.24, 2.45) is 0 Å². The molecule has 0 atom stereocenters. The van der Waals surface area contributed by atoms with Gasteiger partial charge in [-0.05, 0) is 18.2 Å². The van der Waals surface area contributed by atoms with Crippen LogP contribution in [0.3, 0.4) is 0 Å². The first-order chi connectivity index (χ1) is 7.54. The highest BCUT2D eigenvalue weighted by Crippen LogP contribution is 2.24. The third-order valence-corrected chi connectivity index (χ3v) is 1.93. The molecule has 1 aromatic rings. The monoisotopic (exact) mass is 224 g/mol. The van der Waals surface area contributed by atoms with Gasteiger partial charge in [0, 0.05) is 12.6 Å². The van der Waals surface area contributed by atoms with Gasteiger partial charge in [-0.2, -0.15) is 0 Å². The van der Waals surface area contributed by atoms with Crippen LogP contribution in [0, 0.1) is 0 Å². The third kappa shape index (κ3) is 2.88. The van der Waals surface area contributed by atoms with Crippen molar-refractivity contribution >= 4 is 11.8 Å². The van der Waals surface area contributed by atoms with Crippen molar-refractivity contribution in [2.45, 2.75) is 0 Å². The second-order valence-electron chi connectivity index (χ2n) is 3.06. The largest absolute Gasteiger partial charge is 0.504 e. The fraction of sp³-hybridized carbons (Fsp3) is 0.200. The number of amides is 2. The van der Waals surface area contributed by atoms with Crippen LogP contribution >= 0.6 is 0 Å². The molecule has 0 saturated carbocycles. The minimum absolute atomic E-state index is 0.142. The number of nitrogens with one attached hydrogen (secondary N) is 2. The second kappa shape index (κ2) is 5.01. The molecule has 6 heteroatoms. The lowest BCUT2D eigenvalue weighted by Crippen LogP contribution is -2.35. The molecule has 0 unspecified atom stereocenters. The number of likely N-dealkylation sites (N-methyl/N-ethyl adjacent to an activating group) is 1. The molecule has 0 fully saturated rings. The molecule has 6 nitrogen and oxygen atoms in total. The zero-order valence-corrected chi connectivity index (χ0v) is 8.65. The van der Waals surface area contributed by atoms with E-state index >= 15 is 0 Å². The number of carbonyl (C=O) groups excluding carboxylic acids is 2. The van der Waals surface area contributed by atoms with Gasteiger partial charge in [0.25, 0.3) is 5.91 Å². The van der Waals surface area contributed by atoms with Gasteiger partial charge in [-0.3, -0.25) is 9.59 Å². The van der Waals surface area contributed by atoms with Crippen molar-refractivity contribution in [3.63, 3.8) is 0 Å². The van der Waals surface area contributed by atoms with Crippen molar-refractivity contribution in [3.8, 4) is 11.5 Å². The second-order valence-corrected chi connectivity index (χ2v) is 3.06. The lowest BCUT2D eigenvalue weighted by Gasteiger charge is -2.05. The smallest absolute Gasteiger partial charge is 0.251 e. The first-order valence-corrected chi connectivity index (χ1v) is 4.55. The van der Waals surface area contributed by atoms with Crippen LogP contribution in [-0.4, -0.2) is 35.6 Å². The van der Waals surface area contributed by atoms with Crippen LogP contribution in [0.5, 0.6) is 11.5 Å². The van der Waals surface area contributed by atoms with E-state index in [2.05, 4.69) is 10.6 Å². The summed E-state index contributed by atoms with van der Waals surface area (Å²) >= 11 is 0. The van der Waals surface area contributed by atoms with E-state index in [1.165, 1.54) is 19.2 Å². The summed E-state index contributed by atoms with van der Waals surface area (Å²) < 4.78 is 0. The summed E-state index contributed by atoms with van der Waals surface area (Å²) in [7, 11) is 1.46. The minimum Gasteiger partial charge on any atom is -0.504 e. The summed E-state index contributed by atoms with van der Waals surface area (Å²) in [5.41, 5.74) is 0.166. The van der Waals surface area contributed by atoms with Crippen LogP contribution in [0.2, 0.25) is 0 Å². The zero-order valence-electron chi connectivity index (χ0n) is 8.65. The van der Waals surface area contributed by atoms with Crippen molar-refractivity contribution in [3.05, 3.63) is 23.8 Å². The number of phenols is 2. The Bertz CT molecular complexity index is 417. The van der Waals surface area contributed by atoms with E-state index < -0.39 is 5.91 Å². The molecule has 1 rings (SSSR count). The molecule has 4 N–H and O–H groups in total. The standard InChI is InChI=1S/C10H12N2O4/c1-11-9(15)5-12-10(16)6-2-3-7(13)8(14)4-6/h2-4,13-14H,5H2,1H3,(H,11,15)(H,12,16). The lowest BCUT2D eigenvalue weighted by atomic mass is 10.2. The molecule has 0 heterocycles. The first-order valence-electron chi connectivity index (χ1n) is 4.55. The normalized spacial score (nSPS) is 9.56. The minimum atomic E-state index is -0.501. The molecule has 0 radical (unpaired) electrons.